The molecule has 1 aliphatic heterocycles. The van der Waals surface area contributed by atoms with Crippen LogP contribution < -0.4 is 0 Å². The first-order chi connectivity index (χ1) is 27.4. The molecule has 56 heavy (non-hydrogen) atoms. The van der Waals surface area contributed by atoms with Gasteiger partial charge in [0.25, 0.3) is 0 Å². The summed E-state index contributed by atoms with van der Waals surface area (Å²) in [6.07, 6.45) is 36.0. The van der Waals surface area contributed by atoms with Crippen molar-refractivity contribution in [1.82, 2.24) is 0 Å². The Morgan fingerprint density at radius 1 is 0.500 bits per heavy atom. The van der Waals surface area contributed by atoms with E-state index < -0.39 is 43.4 Å². The van der Waals surface area contributed by atoms with Gasteiger partial charge in [0, 0.05) is 13.0 Å². The lowest BCUT2D eigenvalue weighted by Crippen LogP contribution is -2.59. The van der Waals surface area contributed by atoms with Crippen molar-refractivity contribution in [3.8, 4) is 0 Å². The van der Waals surface area contributed by atoms with Crippen LogP contribution in [0.3, 0.4) is 0 Å². The second-order valence-electron chi connectivity index (χ2n) is 16.9. The van der Waals surface area contributed by atoms with Gasteiger partial charge in [-0.3, -0.25) is 4.79 Å². The van der Waals surface area contributed by atoms with E-state index in [9.17, 15) is 25.2 Å². The molecule has 0 radical (unpaired) electrons. The van der Waals surface area contributed by atoms with E-state index in [1.54, 1.807) is 0 Å². The maximum absolute atomic E-state index is 12.7. The highest BCUT2D eigenvalue weighted by molar-refractivity contribution is 5.69. The molecule has 9 heteroatoms. The first-order valence-corrected chi connectivity index (χ1v) is 24.1. The molecule has 1 fully saturated rings. The van der Waals surface area contributed by atoms with Crippen LogP contribution in [-0.2, 0) is 23.7 Å². The lowest BCUT2D eigenvalue weighted by Gasteiger charge is -2.39. The lowest BCUT2D eigenvalue weighted by molar-refractivity contribution is -0.305. The van der Waals surface area contributed by atoms with Crippen LogP contribution in [0, 0.1) is 0 Å². The van der Waals surface area contributed by atoms with E-state index in [0.717, 1.165) is 32.1 Å². The summed E-state index contributed by atoms with van der Waals surface area (Å²) in [4.78, 5) is 12.7. The molecular formula is C47H92O9. The van der Waals surface area contributed by atoms with Gasteiger partial charge in [-0.05, 0) is 12.8 Å². The summed E-state index contributed by atoms with van der Waals surface area (Å²) < 4.78 is 22.8. The van der Waals surface area contributed by atoms with Gasteiger partial charge in [0.1, 0.15) is 30.5 Å². The summed E-state index contributed by atoms with van der Waals surface area (Å²) in [7, 11) is 0. The molecule has 1 heterocycles. The van der Waals surface area contributed by atoms with E-state index in [2.05, 4.69) is 13.8 Å². The van der Waals surface area contributed by atoms with Crippen LogP contribution in [0.15, 0.2) is 0 Å². The van der Waals surface area contributed by atoms with Gasteiger partial charge in [-0.1, -0.05) is 213 Å². The Hall–Kier alpha value is -0.810. The number of rotatable bonds is 42. The molecule has 0 aromatic rings. The smallest absolute Gasteiger partial charge is 0.306 e. The molecule has 0 saturated carbocycles. The molecule has 0 bridgehead atoms. The fraction of sp³-hybridized carbons (Fsp3) is 0.979. The van der Waals surface area contributed by atoms with Crippen molar-refractivity contribution in [2.45, 2.75) is 269 Å². The Labute approximate surface area is 344 Å². The predicted octanol–water partition coefficient (Wildman–Crippen LogP) is 11.0. The van der Waals surface area contributed by atoms with E-state index in [4.69, 9.17) is 18.9 Å². The summed E-state index contributed by atoms with van der Waals surface area (Å²) in [6, 6.07) is 0. The Morgan fingerprint density at radius 2 is 0.875 bits per heavy atom. The number of carbonyl (C=O) groups excluding carboxylic acids is 1. The standard InChI is InChI=1S/C47H92O9/c1-3-5-7-9-11-13-14-15-16-17-18-19-20-21-22-23-24-25-26-27-28-29-31-33-35-37-53-39-41(55-43(49)36-34-32-30-12-10-8-6-4-2)40-54-47-46(52)45(51)44(50)42(38-48)56-47/h41-42,44-48,50-52H,3-40H2,1-2H3. The van der Waals surface area contributed by atoms with Gasteiger partial charge in [-0.2, -0.15) is 0 Å². The molecule has 0 aromatic heterocycles. The summed E-state index contributed by atoms with van der Waals surface area (Å²) in [5.41, 5.74) is 0. The molecule has 1 rings (SSSR count). The maximum Gasteiger partial charge on any atom is 0.306 e. The van der Waals surface area contributed by atoms with Crippen molar-refractivity contribution in [2.24, 2.45) is 0 Å². The highest BCUT2D eigenvalue weighted by Crippen LogP contribution is 2.23. The molecule has 6 atom stereocenters. The van der Waals surface area contributed by atoms with Gasteiger partial charge in [0.2, 0.25) is 0 Å². The Bertz CT molecular complexity index is 827. The molecular weight excluding hydrogens is 709 g/mol. The Morgan fingerprint density at radius 3 is 1.27 bits per heavy atom. The SMILES string of the molecule is CCCCCCCCCCCCCCCCCCCCCCCCCCCOCC(COC1OC(CO)C(O)C(O)C1O)OC(=O)CCCCCCCCCC. The number of hydrogen-bond acceptors (Lipinski definition) is 9. The zero-order chi connectivity index (χ0) is 40.7. The van der Waals surface area contributed by atoms with Crippen LogP contribution in [0.1, 0.15) is 232 Å². The minimum absolute atomic E-state index is 0.106. The molecule has 334 valence electrons. The molecule has 4 N–H and O–H groups in total. The number of unbranched alkanes of at least 4 members (excludes halogenated alkanes) is 31. The minimum Gasteiger partial charge on any atom is -0.457 e. The first kappa shape index (κ1) is 53.2. The summed E-state index contributed by atoms with van der Waals surface area (Å²) in [6.45, 7) is 4.57. The van der Waals surface area contributed by atoms with Gasteiger partial charge < -0.3 is 39.4 Å². The highest BCUT2D eigenvalue weighted by Gasteiger charge is 2.44. The third-order valence-electron chi connectivity index (χ3n) is 11.5. The van der Waals surface area contributed by atoms with Crippen LogP contribution in [-0.4, -0.2) is 89.6 Å². The van der Waals surface area contributed by atoms with Crippen LogP contribution >= 0.6 is 0 Å². The van der Waals surface area contributed by atoms with Crippen molar-refractivity contribution in [3.63, 3.8) is 0 Å². The van der Waals surface area contributed by atoms with Gasteiger partial charge >= 0.3 is 5.97 Å². The molecule has 9 nitrogen and oxygen atoms in total. The number of aliphatic hydroxyl groups excluding tert-OH is 4. The Kier molecular flexibility index (Phi) is 37.7. The van der Waals surface area contributed by atoms with Crippen molar-refractivity contribution in [2.75, 3.05) is 26.4 Å². The van der Waals surface area contributed by atoms with E-state index in [0.29, 0.717) is 13.0 Å². The summed E-state index contributed by atoms with van der Waals surface area (Å²) in [5, 5.41) is 40.0. The predicted molar refractivity (Wildman–Crippen MR) is 229 cm³/mol. The van der Waals surface area contributed by atoms with E-state index in [1.807, 2.05) is 0 Å². The average molecular weight is 801 g/mol. The van der Waals surface area contributed by atoms with Crippen LogP contribution in [0.2, 0.25) is 0 Å². The first-order valence-electron chi connectivity index (χ1n) is 24.1. The second-order valence-corrected chi connectivity index (χ2v) is 16.9. The third kappa shape index (κ3) is 30.3. The van der Waals surface area contributed by atoms with Crippen molar-refractivity contribution in [3.05, 3.63) is 0 Å². The van der Waals surface area contributed by atoms with Crippen LogP contribution in [0.25, 0.3) is 0 Å². The zero-order valence-electron chi connectivity index (χ0n) is 36.7. The fourth-order valence-corrected chi connectivity index (χ4v) is 7.73. The summed E-state index contributed by atoms with van der Waals surface area (Å²) in [5.74, 6) is -0.313. The third-order valence-corrected chi connectivity index (χ3v) is 11.5. The fourth-order valence-electron chi connectivity index (χ4n) is 7.73. The van der Waals surface area contributed by atoms with Gasteiger partial charge in [-0.15, -0.1) is 0 Å². The molecule has 6 unspecified atom stereocenters. The molecule has 1 saturated heterocycles. The quantitative estimate of drug-likeness (QED) is 0.0351. The van der Waals surface area contributed by atoms with E-state index in [1.165, 1.54) is 180 Å². The average Bonchev–Trinajstić information content (AvgIpc) is 3.20. The normalized spacial score (nSPS) is 20.4. The van der Waals surface area contributed by atoms with E-state index >= 15 is 0 Å². The monoisotopic (exact) mass is 801 g/mol. The molecule has 0 aliphatic carbocycles. The largest absolute Gasteiger partial charge is 0.457 e. The van der Waals surface area contributed by atoms with Gasteiger partial charge in [0.15, 0.2) is 6.29 Å². The lowest BCUT2D eigenvalue weighted by atomic mass is 9.99. The zero-order valence-corrected chi connectivity index (χ0v) is 36.7. The second kappa shape index (κ2) is 39.6. The highest BCUT2D eigenvalue weighted by atomic mass is 16.7. The van der Waals surface area contributed by atoms with Crippen LogP contribution in [0.5, 0.6) is 0 Å². The van der Waals surface area contributed by atoms with Crippen LogP contribution in [0.4, 0.5) is 0 Å². The van der Waals surface area contributed by atoms with E-state index in [-0.39, 0.29) is 19.2 Å². The van der Waals surface area contributed by atoms with Gasteiger partial charge in [-0.25, -0.2) is 0 Å². The molecule has 1 aliphatic rings. The maximum atomic E-state index is 12.7. The topological polar surface area (TPSA) is 135 Å². The number of esters is 1. The van der Waals surface area contributed by atoms with Crippen molar-refractivity contribution >= 4 is 5.97 Å². The number of hydrogen-bond donors (Lipinski definition) is 4. The van der Waals surface area contributed by atoms with Crippen molar-refractivity contribution in [1.29, 1.82) is 0 Å². The van der Waals surface area contributed by atoms with Gasteiger partial charge in [0.05, 0.1) is 19.8 Å². The summed E-state index contributed by atoms with van der Waals surface area (Å²) >= 11 is 0. The number of aliphatic hydroxyl groups is 4. The molecule has 0 spiro atoms. The molecule has 0 aromatic carbocycles. The Balaban J connectivity index is 2.08. The molecule has 0 amide bonds. The van der Waals surface area contributed by atoms with Crippen molar-refractivity contribution < 1.29 is 44.2 Å². The number of carbonyl (C=O) groups is 1. The number of ether oxygens (including phenoxy) is 4. The minimum atomic E-state index is -1.53.